The van der Waals surface area contributed by atoms with E-state index in [0.29, 0.717) is 6.42 Å². The Balaban J connectivity index is 1.99. The lowest BCUT2D eigenvalue weighted by Gasteiger charge is -2.31. The minimum Gasteiger partial charge on any atom is -0.344 e. The molecule has 1 spiro atoms. The molecule has 0 N–H and O–H groups in total. The Bertz CT molecular complexity index is 209. The Labute approximate surface area is 84.8 Å². The molecule has 0 amide bonds. The molecule has 1 aliphatic carbocycles. The van der Waals surface area contributed by atoms with Gasteiger partial charge in [-0.2, -0.15) is 0 Å². The number of hydrogen-bond donors (Lipinski definition) is 0. The molecule has 1 saturated carbocycles. The summed E-state index contributed by atoms with van der Waals surface area (Å²) in [6, 6.07) is 0. The highest BCUT2D eigenvalue weighted by Gasteiger charge is 2.45. The molecule has 3 nitrogen and oxygen atoms in total. The first-order valence-electron chi connectivity index (χ1n) is 5.55. The van der Waals surface area contributed by atoms with E-state index in [1.165, 1.54) is 19.3 Å². The molecule has 0 aromatic rings. The summed E-state index contributed by atoms with van der Waals surface area (Å²) >= 11 is 0. The van der Waals surface area contributed by atoms with Gasteiger partial charge in [0.05, 0.1) is 12.2 Å². The summed E-state index contributed by atoms with van der Waals surface area (Å²) in [6.45, 7) is 2.00. The number of rotatable bonds is 2. The average molecular weight is 198 g/mol. The van der Waals surface area contributed by atoms with E-state index < -0.39 is 0 Å². The lowest BCUT2D eigenvalue weighted by molar-refractivity contribution is -0.192. The van der Waals surface area contributed by atoms with Gasteiger partial charge in [-0.05, 0) is 19.8 Å². The van der Waals surface area contributed by atoms with Crippen molar-refractivity contribution in [3.8, 4) is 0 Å². The van der Waals surface area contributed by atoms with Crippen LogP contribution in [-0.2, 0) is 14.3 Å². The van der Waals surface area contributed by atoms with Crippen LogP contribution in [0.1, 0.15) is 45.4 Å². The second-order valence-electron chi connectivity index (χ2n) is 4.35. The molecule has 2 fully saturated rings. The molecule has 14 heavy (non-hydrogen) atoms. The van der Waals surface area contributed by atoms with Gasteiger partial charge in [-0.25, -0.2) is 0 Å². The van der Waals surface area contributed by atoms with Gasteiger partial charge in [-0.3, -0.25) is 0 Å². The summed E-state index contributed by atoms with van der Waals surface area (Å²) < 4.78 is 11.8. The summed E-state index contributed by atoms with van der Waals surface area (Å²) in [5, 5.41) is 0. The van der Waals surface area contributed by atoms with E-state index in [2.05, 4.69) is 0 Å². The largest absolute Gasteiger partial charge is 0.344 e. The van der Waals surface area contributed by atoms with Crippen molar-refractivity contribution in [2.45, 2.75) is 63.4 Å². The molecule has 0 unspecified atom stereocenters. The van der Waals surface area contributed by atoms with Crippen LogP contribution >= 0.6 is 0 Å². The summed E-state index contributed by atoms with van der Waals surface area (Å²) in [6.07, 6.45) is 7.06. The van der Waals surface area contributed by atoms with Gasteiger partial charge in [0.2, 0.25) is 0 Å². The second-order valence-corrected chi connectivity index (χ2v) is 4.35. The van der Waals surface area contributed by atoms with Crippen LogP contribution in [0.15, 0.2) is 0 Å². The number of carbonyl (C=O) groups is 1. The maximum Gasteiger partial charge on any atom is 0.169 e. The van der Waals surface area contributed by atoms with Crippen LogP contribution in [0.5, 0.6) is 0 Å². The van der Waals surface area contributed by atoms with Crippen LogP contribution in [-0.4, -0.2) is 24.3 Å². The van der Waals surface area contributed by atoms with E-state index in [1.54, 1.807) is 0 Å². The first-order chi connectivity index (χ1) is 6.76. The fourth-order valence-electron chi connectivity index (χ4n) is 2.47. The maximum absolute atomic E-state index is 10.4. The molecule has 2 aliphatic rings. The van der Waals surface area contributed by atoms with Crippen molar-refractivity contribution in [2.24, 2.45) is 0 Å². The minimum atomic E-state index is -0.342. The minimum absolute atomic E-state index is 0.0226. The first kappa shape index (κ1) is 10.1. The Morgan fingerprint density at radius 1 is 1.29 bits per heavy atom. The van der Waals surface area contributed by atoms with Gasteiger partial charge in [0, 0.05) is 19.3 Å². The lowest BCUT2D eigenvalue weighted by atomic mass is 9.94. The van der Waals surface area contributed by atoms with Crippen LogP contribution in [0.2, 0.25) is 0 Å². The van der Waals surface area contributed by atoms with Gasteiger partial charge in [0.1, 0.15) is 6.29 Å². The highest BCUT2D eigenvalue weighted by atomic mass is 16.8. The van der Waals surface area contributed by atoms with Crippen molar-refractivity contribution < 1.29 is 14.3 Å². The highest BCUT2D eigenvalue weighted by Crippen LogP contribution is 2.40. The van der Waals surface area contributed by atoms with Crippen molar-refractivity contribution in [3.05, 3.63) is 0 Å². The monoisotopic (exact) mass is 198 g/mol. The fraction of sp³-hybridized carbons (Fsp3) is 0.909. The molecule has 1 heterocycles. The molecule has 80 valence electrons. The van der Waals surface area contributed by atoms with Gasteiger partial charge in [0.25, 0.3) is 0 Å². The van der Waals surface area contributed by atoms with E-state index in [1.807, 2.05) is 6.92 Å². The quantitative estimate of drug-likeness (QED) is 0.637. The smallest absolute Gasteiger partial charge is 0.169 e. The van der Waals surface area contributed by atoms with Crippen LogP contribution in [0, 0.1) is 0 Å². The van der Waals surface area contributed by atoms with Crippen LogP contribution in [0.4, 0.5) is 0 Å². The van der Waals surface area contributed by atoms with Crippen LogP contribution in [0.25, 0.3) is 0 Å². The molecule has 0 aromatic carbocycles. The third-order valence-electron chi connectivity index (χ3n) is 3.23. The van der Waals surface area contributed by atoms with E-state index in [4.69, 9.17) is 9.47 Å². The van der Waals surface area contributed by atoms with Gasteiger partial charge in [-0.1, -0.05) is 6.42 Å². The Hall–Kier alpha value is -0.410. The topological polar surface area (TPSA) is 35.5 Å². The molecule has 0 aromatic heterocycles. The predicted octanol–water partition coefficient (Wildman–Crippen LogP) is 2.04. The number of carbonyl (C=O) groups excluding carboxylic acids is 1. The Morgan fingerprint density at radius 2 is 2.00 bits per heavy atom. The molecule has 1 aliphatic heterocycles. The Morgan fingerprint density at radius 3 is 2.64 bits per heavy atom. The fourth-order valence-corrected chi connectivity index (χ4v) is 2.47. The summed E-state index contributed by atoms with van der Waals surface area (Å²) in [5.41, 5.74) is 0. The zero-order chi connectivity index (χ0) is 10.0. The zero-order valence-corrected chi connectivity index (χ0v) is 8.70. The van der Waals surface area contributed by atoms with Crippen LogP contribution in [0.3, 0.4) is 0 Å². The van der Waals surface area contributed by atoms with Crippen molar-refractivity contribution in [3.63, 3.8) is 0 Å². The predicted molar refractivity (Wildman–Crippen MR) is 51.9 cm³/mol. The lowest BCUT2D eigenvalue weighted by Crippen LogP contribution is -2.33. The molecule has 3 heteroatoms. The molecule has 2 atom stereocenters. The normalized spacial score (nSPS) is 36.1. The molecule has 2 rings (SSSR count). The summed E-state index contributed by atoms with van der Waals surface area (Å²) in [4.78, 5) is 10.4. The van der Waals surface area contributed by atoms with Crippen molar-refractivity contribution in [1.82, 2.24) is 0 Å². The Kier molecular flexibility index (Phi) is 2.88. The third kappa shape index (κ3) is 1.84. The standard InChI is InChI=1S/C11H18O3/c1-9-10(5-8-12)14-11(13-9)6-3-2-4-7-11/h8-10H,2-7H2,1H3/t9-,10-/m0/s1. The second kappa shape index (κ2) is 3.99. The van der Waals surface area contributed by atoms with Crippen LogP contribution < -0.4 is 0 Å². The van der Waals surface area contributed by atoms with Gasteiger partial charge in [-0.15, -0.1) is 0 Å². The van der Waals surface area contributed by atoms with Gasteiger partial charge in [0.15, 0.2) is 5.79 Å². The number of ether oxygens (including phenoxy) is 2. The van der Waals surface area contributed by atoms with E-state index in [0.717, 1.165) is 19.1 Å². The van der Waals surface area contributed by atoms with E-state index in [9.17, 15) is 4.79 Å². The zero-order valence-electron chi connectivity index (χ0n) is 8.70. The molecule has 1 saturated heterocycles. The van der Waals surface area contributed by atoms with Gasteiger partial charge < -0.3 is 14.3 Å². The molecule has 0 bridgehead atoms. The highest BCUT2D eigenvalue weighted by molar-refractivity contribution is 5.50. The van der Waals surface area contributed by atoms with E-state index in [-0.39, 0.29) is 18.0 Å². The SMILES string of the molecule is C[C@@H]1OC2(CCCCC2)O[C@H]1CC=O. The molecule has 0 radical (unpaired) electrons. The van der Waals surface area contributed by atoms with Crippen molar-refractivity contribution in [2.75, 3.05) is 0 Å². The van der Waals surface area contributed by atoms with E-state index >= 15 is 0 Å². The van der Waals surface area contributed by atoms with Gasteiger partial charge >= 0.3 is 0 Å². The first-order valence-corrected chi connectivity index (χ1v) is 5.55. The number of aldehydes is 1. The molecular formula is C11H18O3. The molecular weight excluding hydrogens is 180 g/mol. The number of hydrogen-bond acceptors (Lipinski definition) is 3. The third-order valence-corrected chi connectivity index (χ3v) is 3.23. The van der Waals surface area contributed by atoms with Crippen molar-refractivity contribution in [1.29, 1.82) is 0 Å². The van der Waals surface area contributed by atoms with Crippen molar-refractivity contribution >= 4 is 6.29 Å². The summed E-state index contributed by atoms with van der Waals surface area (Å²) in [7, 11) is 0. The maximum atomic E-state index is 10.4. The summed E-state index contributed by atoms with van der Waals surface area (Å²) in [5.74, 6) is -0.342. The average Bonchev–Trinajstić information content (AvgIpc) is 2.45.